The van der Waals surface area contributed by atoms with E-state index in [0.717, 1.165) is 24.2 Å². The quantitative estimate of drug-likeness (QED) is 0.105. The number of esters is 1. The van der Waals surface area contributed by atoms with Crippen LogP contribution in [0.5, 0.6) is 0 Å². The van der Waals surface area contributed by atoms with E-state index in [-0.39, 0.29) is 17.0 Å². The van der Waals surface area contributed by atoms with Crippen LogP contribution in [0.15, 0.2) is 97.1 Å². The molecular weight excluding hydrogens is 607 g/mol. The molecule has 0 aliphatic rings. The molecule has 256 valence electrons. The average Bonchev–Trinajstić information content (AvgIpc) is 3.04. The first kappa shape index (κ1) is 37.3. The largest absolute Gasteiger partial charge is 0.456 e. The van der Waals surface area contributed by atoms with Crippen molar-refractivity contribution in [2.75, 3.05) is 0 Å². The molecule has 0 aromatic heterocycles. The smallest absolute Gasteiger partial charge is 0.312 e. The van der Waals surface area contributed by atoms with Crippen molar-refractivity contribution in [1.29, 1.82) is 0 Å². The molecular formula is C43H57NO3Si. The van der Waals surface area contributed by atoms with Gasteiger partial charge in [0, 0.05) is 19.1 Å². The van der Waals surface area contributed by atoms with Gasteiger partial charge in [0.05, 0.1) is 12.0 Å². The third-order valence-corrected chi connectivity index (χ3v) is 14.9. The molecule has 0 fully saturated rings. The van der Waals surface area contributed by atoms with E-state index in [1.54, 1.807) is 0 Å². The molecule has 0 radical (unpaired) electrons. The van der Waals surface area contributed by atoms with Crippen molar-refractivity contribution >= 4 is 14.3 Å². The molecule has 0 spiro atoms. The van der Waals surface area contributed by atoms with Gasteiger partial charge in [-0.15, -0.1) is 0 Å². The maximum Gasteiger partial charge on any atom is 0.312 e. The van der Waals surface area contributed by atoms with Crippen LogP contribution in [-0.4, -0.2) is 25.2 Å². The first-order chi connectivity index (χ1) is 22.6. The number of hydrogen-bond acceptors (Lipinski definition) is 4. The lowest BCUT2D eigenvalue weighted by molar-refractivity contribution is -0.161. The topological polar surface area (TPSA) is 38.8 Å². The Balaban J connectivity index is 1.73. The van der Waals surface area contributed by atoms with Crippen molar-refractivity contribution in [1.82, 2.24) is 4.90 Å². The fraction of sp³-hybridized carbons (Fsp3) is 0.419. The summed E-state index contributed by atoms with van der Waals surface area (Å²) in [6.07, 6.45) is -0.896. The van der Waals surface area contributed by atoms with E-state index >= 15 is 0 Å². The van der Waals surface area contributed by atoms with Crippen LogP contribution in [0.25, 0.3) is 0 Å². The van der Waals surface area contributed by atoms with Crippen LogP contribution in [-0.2, 0) is 27.0 Å². The molecule has 0 aliphatic heterocycles. The molecule has 4 rings (SSSR count). The van der Waals surface area contributed by atoms with E-state index in [4.69, 9.17) is 9.16 Å². The maximum absolute atomic E-state index is 14.4. The third-order valence-electron chi connectivity index (χ3n) is 10.4. The van der Waals surface area contributed by atoms with Crippen molar-refractivity contribution < 1.29 is 14.0 Å². The van der Waals surface area contributed by atoms with Gasteiger partial charge < -0.3 is 9.16 Å². The van der Waals surface area contributed by atoms with Crippen LogP contribution in [0.1, 0.15) is 91.3 Å². The summed E-state index contributed by atoms with van der Waals surface area (Å²) in [6, 6.07) is 33.4. The summed E-state index contributed by atoms with van der Waals surface area (Å²) >= 11 is 0. The van der Waals surface area contributed by atoms with E-state index < -0.39 is 26.4 Å². The summed E-state index contributed by atoms with van der Waals surface area (Å²) in [7, 11) is -2.23. The van der Waals surface area contributed by atoms with Gasteiger partial charge in [-0.3, -0.25) is 9.69 Å². The van der Waals surface area contributed by atoms with Gasteiger partial charge in [0.15, 0.2) is 8.32 Å². The lowest BCUT2D eigenvalue weighted by Crippen LogP contribution is -2.44. The van der Waals surface area contributed by atoms with Gasteiger partial charge in [0.25, 0.3) is 0 Å². The molecule has 5 heteroatoms. The molecule has 4 nitrogen and oxygen atoms in total. The first-order valence-corrected chi connectivity index (χ1v) is 20.3. The molecule has 0 aliphatic carbocycles. The summed E-state index contributed by atoms with van der Waals surface area (Å²) in [5.41, 5.74) is 9.66. The van der Waals surface area contributed by atoms with Crippen LogP contribution in [0.4, 0.5) is 0 Å². The van der Waals surface area contributed by atoms with E-state index in [1.807, 2.05) is 43.3 Å². The summed E-state index contributed by atoms with van der Waals surface area (Å²) in [4.78, 5) is 16.9. The van der Waals surface area contributed by atoms with Crippen molar-refractivity contribution in [3.8, 4) is 0 Å². The number of carbonyl (C=O) groups excluding carboxylic acids is 1. The number of aryl methyl sites for hydroxylation is 4. The molecule has 4 aromatic rings. The highest BCUT2D eigenvalue weighted by Gasteiger charge is 2.42. The van der Waals surface area contributed by atoms with E-state index in [1.165, 1.54) is 33.4 Å². The fourth-order valence-electron chi connectivity index (χ4n) is 6.24. The molecule has 0 unspecified atom stereocenters. The van der Waals surface area contributed by atoms with Gasteiger partial charge in [-0.25, -0.2) is 0 Å². The van der Waals surface area contributed by atoms with Crippen molar-refractivity contribution in [2.24, 2.45) is 5.92 Å². The average molecular weight is 664 g/mol. The van der Waals surface area contributed by atoms with Gasteiger partial charge in [0.2, 0.25) is 0 Å². The Hall–Kier alpha value is -3.51. The molecule has 4 aromatic carbocycles. The molecule has 0 bridgehead atoms. The zero-order valence-electron chi connectivity index (χ0n) is 31.1. The van der Waals surface area contributed by atoms with E-state index in [9.17, 15) is 4.79 Å². The van der Waals surface area contributed by atoms with Crippen LogP contribution in [0.3, 0.4) is 0 Å². The van der Waals surface area contributed by atoms with Crippen molar-refractivity contribution in [3.05, 3.63) is 142 Å². The number of nitrogens with zero attached hydrogens (tertiary/aromatic N) is 1. The zero-order valence-corrected chi connectivity index (χ0v) is 32.1. The minimum Gasteiger partial charge on any atom is -0.456 e. The highest BCUT2D eigenvalue weighted by Crippen LogP contribution is 2.42. The second-order valence-corrected chi connectivity index (χ2v) is 20.0. The van der Waals surface area contributed by atoms with Crippen molar-refractivity contribution in [2.45, 2.75) is 112 Å². The molecule has 0 saturated carbocycles. The summed E-state index contributed by atoms with van der Waals surface area (Å²) in [6.45, 7) is 25.6. The fourth-order valence-corrected chi connectivity index (χ4v) is 7.57. The standard InChI is InChI=1S/C43H57NO3Si/c1-30-26-32(3)39(33(4)27-30)29-44(28-38-25-19-18-20-31(38)2)35(6)41(37-23-16-13-17-24-37)46-42(45)34(5)40(36-21-14-12-15-22-36)47-48(10,11)43(7,8)9/h12-27,34-35,40-41H,28-29H2,1-11H3/t34-,35+,40+,41+/m1/s1. The van der Waals surface area contributed by atoms with Crippen LogP contribution < -0.4 is 0 Å². The Kier molecular flexibility index (Phi) is 12.3. The first-order valence-electron chi connectivity index (χ1n) is 17.4. The highest BCUT2D eigenvalue weighted by molar-refractivity contribution is 6.74. The second-order valence-electron chi connectivity index (χ2n) is 15.2. The van der Waals surface area contributed by atoms with Crippen LogP contribution in [0.2, 0.25) is 18.1 Å². The third kappa shape index (κ3) is 9.13. The number of benzene rings is 4. The summed E-state index contributed by atoms with van der Waals surface area (Å²) < 4.78 is 13.7. The Bertz CT molecular complexity index is 1620. The van der Waals surface area contributed by atoms with Gasteiger partial charge in [-0.05, 0) is 98.6 Å². The number of hydrogen-bond donors (Lipinski definition) is 0. The normalized spacial score (nSPS) is 14.8. The Labute approximate surface area is 291 Å². The number of rotatable bonds is 13. The molecule has 48 heavy (non-hydrogen) atoms. The molecule has 4 atom stereocenters. The van der Waals surface area contributed by atoms with Crippen LogP contribution in [0, 0.1) is 33.6 Å². The minimum atomic E-state index is -2.23. The lowest BCUT2D eigenvalue weighted by atomic mass is 9.95. The minimum absolute atomic E-state index is 0.00689. The van der Waals surface area contributed by atoms with Crippen molar-refractivity contribution in [3.63, 3.8) is 0 Å². The van der Waals surface area contributed by atoms with E-state index in [2.05, 4.69) is 134 Å². The Morgan fingerprint density at radius 3 is 1.73 bits per heavy atom. The molecule has 0 N–H and O–H groups in total. The van der Waals surface area contributed by atoms with E-state index in [0.29, 0.717) is 0 Å². The monoisotopic (exact) mass is 663 g/mol. The Morgan fingerprint density at radius 2 is 1.21 bits per heavy atom. The van der Waals surface area contributed by atoms with Gasteiger partial charge >= 0.3 is 5.97 Å². The van der Waals surface area contributed by atoms with Gasteiger partial charge in [-0.2, -0.15) is 0 Å². The number of ether oxygens (including phenoxy) is 1. The predicted molar refractivity (Wildman–Crippen MR) is 202 cm³/mol. The summed E-state index contributed by atoms with van der Waals surface area (Å²) in [5, 5.41) is -0.00689. The highest BCUT2D eigenvalue weighted by atomic mass is 28.4. The zero-order chi connectivity index (χ0) is 35.2. The number of carbonyl (C=O) groups is 1. The van der Waals surface area contributed by atoms with Gasteiger partial charge in [0.1, 0.15) is 6.10 Å². The Morgan fingerprint density at radius 1 is 0.708 bits per heavy atom. The van der Waals surface area contributed by atoms with Gasteiger partial charge in [-0.1, -0.05) is 123 Å². The second kappa shape index (κ2) is 15.8. The van der Waals surface area contributed by atoms with Crippen LogP contribution >= 0.6 is 0 Å². The molecule has 0 saturated heterocycles. The lowest BCUT2D eigenvalue weighted by Gasteiger charge is -2.41. The molecule has 0 amide bonds. The predicted octanol–water partition coefficient (Wildman–Crippen LogP) is 11.0. The SMILES string of the molecule is Cc1cc(C)c(CN(Cc2ccccc2C)[C@@H](C)[C@H](OC(=O)[C@H](C)[C@H](O[Si](C)(C)C(C)(C)C)c2ccccc2)c2ccccc2)c(C)c1. The summed E-state index contributed by atoms with van der Waals surface area (Å²) in [5.74, 6) is -0.756. The molecule has 0 heterocycles. The maximum atomic E-state index is 14.4.